The topological polar surface area (TPSA) is 47.3 Å². The maximum absolute atomic E-state index is 10.0. The minimum absolute atomic E-state index is 0.540. The number of hydrogen-bond donors (Lipinski definition) is 1. The number of anilines is 1. The second-order valence-corrected chi connectivity index (χ2v) is 5.00. The number of benzene rings is 1. The summed E-state index contributed by atoms with van der Waals surface area (Å²) in [7, 11) is 0. The summed E-state index contributed by atoms with van der Waals surface area (Å²) in [4.78, 5) is 2.25. The lowest BCUT2D eigenvalue weighted by molar-refractivity contribution is 0.0481. The molecule has 1 aromatic rings. The summed E-state index contributed by atoms with van der Waals surface area (Å²) < 4.78 is 0. The SMILES string of the molecule is CC1(O)CCCN(c2cccc(C#N)c2)CC1. The quantitative estimate of drug-likeness (QED) is 0.805. The summed E-state index contributed by atoms with van der Waals surface area (Å²) in [5.74, 6) is 0. The van der Waals surface area contributed by atoms with Gasteiger partial charge in [-0.2, -0.15) is 5.26 Å². The van der Waals surface area contributed by atoms with Crippen LogP contribution in [0.4, 0.5) is 5.69 Å². The van der Waals surface area contributed by atoms with Gasteiger partial charge in [-0.15, -0.1) is 0 Å². The molecule has 1 atom stereocenters. The summed E-state index contributed by atoms with van der Waals surface area (Å²) >= 11 is 0. The molecule has 1 saturated heterocycles. The number of hydrogen-bond acceptors (Lipinski definition) is 3. The Bertz CT molecular complexity index is 434. The summed E-state index contributed by atoms with van der Waals surface area (Å²) in [6.45, 7) is 3.70. The van der Waals surface area contributed by atoms with Gasteiger partial charge in [-0.05, 0) is 44.4 Å². The smallest absolute Gasteiger partial charge is 0.0992 e. The molecule has 90 valence electrons. The molecule has 17 heavy (non-hydrogen) atoms. The van der Waals surface area contributed by atoms with Gasteiger partial charge in [-0.3, -0.25) is 0 Å². The molecule has 1 unspecified atom stereocenters. The van der Waals surface area contributed by atoms with Crippen LogP contribution in [0.1, 0.15) is 31.7 Å². The third-order valence-corrected chi connectivity index (χ3v) is 3.40. The van der Waals surface area contributed by atoms with Gasteiger partial charge >= 0.3 is 0 Å². The zero-order valence-electron chi connectivity index (χ0n) is 10.2. The Morgan fingerprint density at radius 1 is 1.35 bits per heavy atom. The van der Waals surface area contributed by atoms with E-state index in [1.807, 2.05) is 31.2 Å². The van der Waals surface area contributed by atoms with Gasteiger partial charge in [0.05, 0.1) is 17.2 Å². The predicted molar refractivity (Wildman–Crippen MR) is 67.8 cm³/mol. The second kappa shape index (κ2) is 4.77. The number of aliphatic hydroxyl groups is 1. The Hall–Kier alpha value is -1.53. The largest absolute Gasteiger partial charge is 0.390 e. The molecular formula is C14H18N2O. The highest BCUT2D eigenvalue weighted by atomic mass is 16.3. The van der Waals surface area contributed by atoms with Crippen LogP contribution in [0.3, 0.4) is 0 Å². The Balaban J connectivity index is 2.14. The lowest BCUT2D eigenvalue weighted by atomic mass is 9.98. The van der Waals surface area contributed by atoms with Crippen molar-refractivity contribution in [2.75, 3.05) is 18.0 Å². The third-order valence-electron chi connectivity index (χ3n) is 3.40. The van der Waals surface area contributed by atoms with E-state index in [9.17, 15) is 5.11 Å². The summed E-state index contributed by atoms with van der Waals surface area (Å²) in [5, 5.41) is 18.9. The molecule has 0 saturated carbocycles. The van der Waals surface area contributed by atoms with Crippen molar-refractivity contribution >= 4 is 5.69 Å². The first-order chi connectivity index (χ1) is 8.11. The van der Waals surface area contributed by atoms with Crippen molar-refractivity contribution in [3.05, 3.63) is 29.8 Å². The van der Waals surface area contributed by atoms with Crippen LogP contribution in [-0.2, 0) is 0 Å². The van der Waals surface area contributed by atoms with Crippen LogP contribution in [0.2, 0.25) is 0 Å². The fourth-order valence-electron chi connectivity index (χ4n) is 2.29. The van der Waals surface area contributed by atoms with Crippen LogP contribution in [0.5, 0.6) is 0 Å². The molecule has 3 heteroatoms. The average molecular weight is 230 g/mol. The minimum Gasteiger partial charge on any atom is -0.390 e. The Labute approximate surface area is 102 Å². The molecule has 3 nitrogen and oxygen atoms in total. The molecule has 1 heterocycles. The Morgan fingerprint density at radius 3 is 2.94 bits per heavy atom. The molecular weight excluding hydrogens is 212 g/mol. The van der Waals surface area contributed by atoms with Crippen molar-refractivity contribution in [2.45, 2.75) is 31.8 Å². The normalized spacial score (nSPS) is 25.1. The molecule has 1 fully saturated rings. The van der Waals surface area contributed by atoms with Crippen molar-refractivity contribution in [3.63, 3.8) is 0 Å². The van der Waals surface area contributed by atoms with Crippen molar-refractivity contribution < 1.29 is 5.11 Å². The number of nitriles is 1. The molecule has 1 aliphatic rings. The van der Waals surface area contributed by atoms with Crippen molar-refractivity contribution in [2.24, 2.45) is 0 Å². The number of nitrogens with zero attached hydrogens (tertiary/aromatic N) is 2. The van der Waals surface area contributed by atoms with Crippen LogP contribution in [0.15, 0.2) is 24.3 Å². The van der Waals surface area contributed by atoms with Crippen molar-refractivity contribution in [1.29, 1.82) is 5.26 Å². The first-order valence-corrected chi connectivity index (χ1v) is 6.08. The lowest BCUT2D eigenvalue weighted by Crippen LogP contribution is -2.28. The van der Waals surface area contributed by atoms with Gasteiger partial charge in [0.25, 0.3) is 0 Å². The van der Waals surface area contributed by atoms with Crippen LogP contribution in [0, 0.1) is 11.3 Å². The summed E-state index contributed by atoms with van der Waals surface area (Å²) in [6.07, 6.45) is 2.62. The standard InChI is InChI=1S/C14H18N2O/c1-14(17)6-3-8-16(9-7-14)13-5-2-4-12(10-13)11-15/h2,4-5,10,17H,3,6-9H2,1H3. The Morgan fingerprint density at radius 2 is 2.18 bits per heavy atom. The van der Waals surface area contributed by atoms with Gasteiger partial charge in [0.2, 0.25) is 0 Å². The van der Waals surface area contributed by atoms with E-state index in [1.54, 1.807) is 0 Å². The van der Waals surface area contributed by atoms with Crippen molar-refractivity contribution in [1.82, 2.24) is 0 Å². The predicted octanol–water partition coefficient (Wildman–Crippen LogP) is 2.30. The van der Waals surface area contributed by atoms with Gasteiger partial charge in [-0.25, -0.2) is 0 Å². The highest BCUT2D eigenvalue weighted by Crippen LogP contribution is 2.25. The molecule has 1 aromatic carbocycles. The van der Waals surface area contributed by atoms with Crippen LogP contribution < -0.4 is 4.90 Å². The molecule has 1 N–H and O–H groups in total. The monoisotopic (exact) mass is 230 g/mol. The highest BCUT2D eigenvalue weighted by Gasteiger charge is 2.24. The van der Waals surface area contributed by atoms with E-state index in [1.165, 1.54) is 0 Å². The van der Waals surface area contributed by atoms with E-state index in [2.05, 4.69) is 11.0 Å². The first-order valence-electron chi connectivity index (χ1n) is 6.08. The summed E-state index contributed by atoms with van der Waals surface area (Å²) in [6, 6.07) is 9.84. The van der Waals surface area contributed by atoms with Crippen LogP contribution in [0.25, 0.3) is 0 Å². The van der Waals surface area contributed by atoms with E-state index in [0.717, 1.165) is 38.0 Å². The first kappa shape index (κ1) is 11.9. The molecule has 0 aromatic heterocycles. The van der Waals surface area contributed by atoms with Gasteiger partial charge in [0.15, 0.2) is 0 Å². The number of rotatable bonds is 1. The second-order valence-electron chi connectivity index (χ2n) is 5.00. The highest BCUT2D eigenvalue weighted by molar-refractivity contribution is 5.51. The van der Waals surface area contributed by atoms with E-state index in [4.69, 9.17) is 5.26 Å². The van der Waals surface area contributed by atoms with E-state index in [-0.39, 0.29) is 0 Å². The van der Waals surface area contributed by atoms with E-state index in [0.29, 0.717) is 5.56 Å². The molecule has 2 rings (SSSR count). The van der Waals surface area contributed by atoms with Crippen molar-refractivity contribution in [3.8, 4) is 6.07 Å². The van der Waals surface area contributed by atoms with E-state index >= 15 is 0 Å². The fraction of sp³-hybridized carbons (Fsp3) is 0.500. The molecule has 0 spiro atoms. The maximum atomic E-state index is 10.0. The lowest BCUT2D eigenvalue weighted by Gasteiger charge is -2.24. The Kier molecular flexibility index (Phi) is 3.35. The molecule has 0 bridgehead atoms. The summed E-state index contributed by atoms with van der Waals surface area (Å²) in [5.41, 5.74) is 1.24. The molecule has 0 amide bonds. The van der Waals surface area contributed by atoms with Gasteiger partial charge in [0.1, 0.15) is 0 Å². The van der Waals surface area contributed by atoms with Gasteiger partial charge in [0, 0.05) is 18.8 Å². The van der Waals surface area contributed by atoms with Gasteiger partial charge in [-0.1, -0.05) is 6.07 Å². The molecule has 1 aliphatic heterocycles. The molecule has 0 aliphatic carbocycles. The third kappa shape index (κ3) is 2.98. The van der Waals surface area contributed by atoms with E-state index < -0.39 is 5.60 Å². The van der Waals surface area contributed by atoms with Gasteiger partial charge < -0.3 is 10.0 Å². The van der Waals surface area contributed by atoms with Crippen LogP contribution in [-0.4, -0.2) is 23.8 Å². The zero-order chi connectivity index (χ0) is 12.3. The molecule has 0 radical (unpaired) electrons. The minimum atomic E-state index is -0.540. The maximum Gasteiger partial charge on any atom is 0.0992 e. The average Bonchev–Trinajstić information content (AvgIpc) is 2.50. The van der Waals surface area contributed by atoms with Crippen LogP contribution >= 0.6 is 0 Å². The zero-order valence-corrected chi connectivity index (χ0v) is 10.2. The fourth-order valence-corrected chi connectivity index (χ4v) is 2.29.